The SMILES string of the molecule is CC(=O)c1cccc(OCC(=O)NC2(C(=O)O)CCCCCC2)c1. The molecule has 130 valence electrons. The second-order valence-electron chi connectivity index (χ2n) is 6.22. The Balaban J connectivity index is 1.97. The van der Waals surface area contributed by atoms with E-state index >= 15 is 0 Å². The number of amides is 1. The van der Waals surface area contributed by atoms with Crippen molar-refractivity contribution in [2.45, 2.75) is 51.0 Å². The Morgan fingerprint density at radius 2 is 1.83 bits per heavy atom. The molecule has 0 heterocycles. The van der Waals surface area contributed by atoms with E-state index in [2.05, 4.69) is 5.32 Å². The Morgan fingerprint density at radius 1 is 1.17 bits per heavy atom. The van der Waals surface area contributed by atoms with Gasteiger partial charge in [-0.05, 0) is 31.9 Å². The Labute approximate surface area is 141 Å². The van der Waals surface area contributed by atoms with Gasteiger partial charge in [-0.15, -0.1) is 0 Å². The molecule has 1 saturated carbocycles. The van der Waals surface area contributed by atoms with Gasteiger partial charge in [0, 0.05) is 5.56 Å². The molecular weight excluding hydrogens is 310 g/mol. The Kier molecular flexibility index (Phi) is 5.95. The van der Waals surface area contributed by atoms with Crippen LogP contribution in [0.3, 0.4) is 0 Å². The van der Waals surface area contributed by atoms with Crippen LogP contribution >= 0.6 is 0 Å². The third-order valence-corrected chi connectivity index (χ3v) is 4.36. The van der Waals surface area contributed by atoms with Gasteiger partial charge in [0.1, 0.15) is 11.3 Å². The van der Waals surface area contributed by atoms with Crippen molar-refractivity contribution in [3.8, 4) is 5.75 Å². The number of ether oxygens (including phenoxy) is 1. The van der Waals surface area contributed by atoms with Gasteiger partial charge in [-0.1, -0.05) is 37.8 Å². The van der Waals surface area contributed by atoms with Crippen LogP contribution in [-0.4, -0.2) is 34.9 Å². The predicted octanol–water partition coefficient (Wildman–Crippen LogP) is 2.56. The summed E-state index contributed by atoms with van der Waals surface area (Å²) in [5.41, 5.74) is -0.697. The first kappa shape index (κ1) is 18.0. The first-order chi connectivity index (χ1) is 11.4. The Morgan fingerprint density at radius 3 is 2.42 bits per heavy atom. The highest BCUT2D eigenvalue weighted by atomic mass is 16.5. The number of rotatable bonds is 6. The molecule has 6 heteroatoms. The van der Waals surface area contributed by atoms with E-state index in [1.54, 1.807) is 24.3 Å². The standard InChI is InChI=1S/C18H23NO5/c1-13(20)14-7-6-8-15(11-14)24-12-16(21)19-18(17(22)23)9-4-2-3-5-10-18/h6-8,11H,2-5,9-10,12H2,1H3,(H,19,21)(H,22,23). The van der Waals surface area contributed by atoms with Crippen molar-refractivity contribution >= 4 is 17.7 Å². The zero-order chi connectivity index (χ0) is 17.6. The Bertz CT molecular complexity index is 618. The van der Waals surface area contributed by atoms with Gasteiger partial charge in [0.05, 0.1) is 0 Å². The maximum absolute atomic E-state index is 12.2. The molecule has 0 saturated heterocycles. The fraction of sp³-hybridized carbons (Fsp3) is 0.500. The highest BCUT2D eigenvalue weighted by Crippen LogP contribution is 2.27. The van der Waals surface area contributed by atoms with Gasteiger partial charge in [0.15, 0.2) is 12.4 Å². The van der Waals surface area contributed by atoms with Gasteiger partial charge >= 0.3 is 5.97 Å². The molecule has 0 bridgehead atoms. The largest absolute Gasteiger partial charge is 0.484 e. The first-order valence-corrected chi connectivity index (χ1v) is 8.21. The summed E-state index contributed by atoms with van der Waals surface area (Å²) >= 11 is 0. The van der Waals surface area contributed by atoms with Gasteiger partial charge in [-0.2, -0.15) is 0 Å². The summed E-state index contributed by atoms with van der Waals surface area (Å²) in [6.07, 6.45) is 4.42. The van der Waals surface area contributed by atoms with Crippen LogP contribution in [0.1, 0.15) is 55.8 Å². The summed E-state index contributed by atoms with van der Waals surface area (Å²) < 4.78 is 5.40. The zero-order valence-electron chi connectivity index (χ0n) is 13.8. The average Bonchev–Trinajstić information content (AvgIpc) is 2.80. The van der Waals surface area contributed by atoms with Crippen molar-refractivity contribution < 1.29 is 24.2 Å². The highest BCUT2D eigenvalue weighted by Gasteiger charge is 2.40. The quantitative estimate of drug-likeness (QED) is 0.616. The zero-order valence-corrected chi connectivity index (χ0v) is 13.8. The third kappa shape index (κ3) is 4.57. The number of hydrogen-bond donors (Lipinski definition) is 2. The number of carboxylic acid groups (broad SMARTS) is 1. The molecule has 1 amide bonds. The molecule has 0 unspecified atom stereocenters. The minimum atomic E-state index is -1.20. The van der Waals surface area contributed by atoms with Crippen LogP contribution < -0.4 is 10.1 Å². The van der Waals surface area contributed by atoms with Crippen molar-refractivity contribution in [3.05, 3.63) is 29.8 Å². The smallest absolute Gasteiger partial charge is 0.329 e. The van der Waals surface area contributed by atoms with Crippen LogP contribution in [-0.2, 0) is 9.59 Å². The number of Topliss-reactive ketones (excluding diaryl/α,β-unsaturated/α-hetero) is 1. The van der Waals surface area contributed by atoms with Crippen molar-refractivity contribution in [2.24, 2.45) is 0 Å². The third-order valence-electron chi connectivity index (χ3n) is 4.36. The topological polar surface area (TPSA) is 92.7 Å². The van der Waals surface area contributed by atoms with E-state index in [9.17, 15) is 19.5 Å². The molecule has 24 heavy (non-hydrogen) atoms. The summed E-state index contributed by atoms with van der Waals surface area (Å²) in [5.74, 6) is -1.14. The van der Waals surface area contributed by atoms with Gasteiger partial charge in [-0.3, -0.25) is 9.59 Å². The lowest BCUT2D eigenvalue weighted by atomic mass is 9.90. The molecule has 1 aromatic carbocycles. The van der Waals surface area contributed by atoms with Crippen LogP contribution in [0.2, 0.25) is 0 Å². The summed E-state index contributed by atoms with van der Waals surface area (Å²) in [4.78, 5) is 35.2. The minimum Gasteiger partial charge on any atom is -0.484 e. The first-order valence-electron chi connectivity index (χ1n) is 8.21. The number of aliphatic carboxylic acids is 1. The van der Waals surface area contributed by atoms with Gasteiger partial charge in [0.2, 0.25) is 0 Å². The number of nitrogens with one attached hydrogen (secondary N) is 1. The van der Waals surface area contributed by atoms with E-state index in [1.807, 2.05) is 0 Å². The second-order valence-corrected chi connectivity index (χ2v) is 6.22. The fourth-order valence-electron chi connectivity index (χ4n) is 2.98. The number of hydrogen-bond acceptors (Lipinski definition) is 4. The van der Waals surface area contributed by atoms with Gasteiger partial charge in [0.25, 0.3) is 5.91 Å². The van der Waals surface area contributed by atoms with E-state index in [4.69, 9.17) is 4.74 Å². The number of carboxylic acids is 1. The molecule has 2 rings (SSSR count). The van der Waals surface area contributed by atoms with Crippen LogP contribution in [0.15, 0.2) is 24.3 Å². The van der Waals surface area contributed by atoms with Crippen LogP contribution in [0.4, 0.5) is 0 Å². The highest BCUT2D eigenvalue weighted by molar-refractivity contribution is 5.94. The molecule has 1 aromatic rings. The summed E-state index contributed by atoms with van der Waals surface area (Å²) in [7, 11) is 0. The maximum atomic E-state index is 12.2. The van der Waals surface area contributed by atoms with E-state index in [0.717, 1.165) is 25.7 Å². The fourth-order valence-corrected chi connectivity index (χ4v) is 2.98. The number of benzene rings is 1. The number of carbonyl (C=O) groups is 3. The summed E-state index contributed by atoms with van der Waals surface area (Å²) in [5, 5.41) is 12.2. The molecule has 6 nitrogen and oxygen atoms in total. The molecule has 0 radical (unpaired) electrons. The molecule has 0 spiro atoms. The monoisotopic (exact) mass is 333 g/mol. The van der Waals surface area contributed by atoms with Crippen molar-refractivity contribution in [1.29, 1.82) is 0 Å². The predicted molar refractivity (Wildman–Crippen MR) is 88.2 cm³/mol. The van der Waals surface area contributed by atoms with Gasteiger partial charge < -0.3 is 15.2 Å². The summed E-state index contributed by atoms with van der Waals surface area (Å²) in [6, 6.07) is 6.56. The molecule has 0 aliphatic heterocycles. The molecule has 2 N–H and O–H groups in total. The average molecular weight is 333 g/mol. The normalized spacial score (nSPS) is 16.7. The van der Waals surface area contributed by atoms with Crippen LogP contribution in [0, 0.1) is 0 Å². The van der Waals surface area contributed by atoms with E-state index < -0.39 is 17.4 Å². The molecule has 0 atom stereocenters. The lowest BCUT2D eigenvalue weighted by Crippen LogP contribution is -2.55. The number of carbonyl (C=O) groups excluding carboxylic acids is 2. The molecule has 1 aliphatic rings. The summed E-state index contributed by atoms with van der Waals surface area (Å²) in [6.45, 7) is 1.17. The lowest BCUT2D eigenvalue weighted by Gasteiger charge is -2.29. The van der Waals surface area contributed by atoms with E-state index in [1.165, 1.54) is 6.92 Å². The van der Waals surface area contributed by atoms with Crippen molar-refractivity contribution in [2.75, 3.05) is 6.61 Å². The van der Waals surface area contributed by atoms with E-state index in [0.29, 0.717) is 24.2 Å². The number of ketones is 1. The molecule has 1 fully saturated rings. The van der Waals surface area contributed by atoms with Crippen LogP contribution in [0.25, 0.3) is 0 Å². The molecule has 1 aliphatic carbocycles. The second kappa shape index (κ2) is 7.95. The Hall–Kier alpha value is -2.37. The maximum Gasteiger partial charge on any atom is 0.329 e. The van der Waals surface area contributed by atoms with Gasteiger partial charge in [-0.25, -0.2) is 4.79 Å². The van der Waals surface area contributed by atoms with Crippen molar-refractivity contribution in [3.63, 3.8) is 0 Å². The molecular formula is C18H23NO5. The minimum absolute atomic E-state index is 0.0896. The van der Waals surface area contributed by atoms with Crippen molar-refractivity contribution in [1.82, 2.24) is 5.32 Å². The molecule has 0 aromatic heterocycles. The van der Waals surface area contributed by atoms with Crippen LogP contribution in [0.5, 0.6) is 5.75 Å². The lowest BCUT2D eigenvalue weighted by molar-refractivity contribution is -0.148. The van der Waals surface area contributed by atoms with E-state index in [-0.39, 0.29) is 12.4 Å².